The third-order valence-corrected chi connectivity index (χ3v) is 6.48. The summed E-state index contributed by atoms with van der Waals surface area (Å²) in [6.07, 6.45) is 2.64. The van der Waals surface area contributed by atoms with Crippen LogP contribution in [0.25, 0.3) is 0 Å². The molecule has 1 heterocycles. The normalized spacial score (nSPS) is 27.9. The van der Waals surface area contributed by atoms with Gasteiger partial charge in [0.05, 0.1) is 0 Å². The molecule has 2 aromatic rings. The predicted molar refractivity (Wildman–Crippen MR) is 90.1 cm³/mol. The number of benzene rings is 1. The van der Waals surface area contributed by atoms with E-state index in [2.05, 4.69) is 56.5 Å². The van der Waals surface area contributed by atoms with Gasteiger partial charge in [0, 0.05) is 15.8 Å². The first kappa shape index (κ1) is 13.5. The molecule has 0 amide bonds. The summed E-state index contributed by atoms with van der Waals surface area (Å²) in [6.45, 7) is 4.50. The van der Waals surface area contributed by atoms with E-state index < -0.39 is 0 Å². The largest absolute Gasteiger partial charge is 0.313 e. The van der Waals surface area contributed by atoms with Gasteiger partial charge in [-0.2, -0.15) is 0 Å². The Morgan fingerprint density at radius 3 is 2.76 bits per heavy atom. The summed E-state index contributed by atoms with van der Waals surface area (Å²) in [4.78, 5) is 2.93. The molecule has 0 spiro atoms. The lowest BCUT2D eigenvalue weighted by molar-refractivity contribution is 0.484. The zero-order valence-electron chi connectivity index (χ0n) is 13.0. The van der Waals surface area contributed by atoms with Gasteiger partial charge in [-0.1, -0.05) is 24.3 Å². The molecule has 0 saturated heterocycles. The van der Waals surface area contributed by atoms with Crippen LogP contribution in [0.1, 0.15) is 44.8 Å². The standard InChI is InChI=1S/C19H23NS/c1-11-10-16(12(2)21-11)19(20-3)18-15-9-8-13-6-4-5-7-14(13)17(15)18/h4-7,10,15,17-20H,8-9H2,1-3H3. The molecule has 1 fully saturated rings. The second-order valence-electron chi connectivity index (χ2n) is 6.64. The van der Waals surface area contributed by atoms with Gasteiger partial charge < -0.3 is 5.32 Å². The van der Waals surface area contributed by atoms with Crippen molar-refractivity contribution in [2.24, 2.45) is 11.8 Å². The Hall–Kier alpha value is -1.12. The number of aryl methyl sites for hydroxylation is 3. The van der Waals surface area contributed by atoms with Gasteiger partial charge in [0.15, 0.2) is 0 Å². The van der Waals surface area contributed by atoms with Crippen LogP contribution in [0.4, 0.5) is 0 Å². The van der Waals surface area contributed by atoms with Crippen molar-refractivity contribution in [3.05, 3.63) is 56.8 Å². The molecule has 1 aromatic carbocycles. The van der Waals surface area contributed by atoms with Crippen molar-refractivity contribution < 1.29 is 0 Å². The smallest absolute Gasteiger partial charge is 0.0366 e. The highest BCUT2D eigenvalue weighted by Crippen LogP contribution is 2.64. The average Bonchev–Trinajstić information content (AvgIpc) is 3.12. The number of hydrogen-bond donors (Lipinski definition) is 1. The summed E-state index contributed by atoms with van der Waals surface area (Å²) in [7, 11) is 2.13. The zero-order valence-corrected chi connectivity index (χ0v) is 13.8. The third-order valence-electron chi connectivity index (χ3n) is 5.50. The number of fused-ring (bicyclic) bond motifs is 3. The van der Waals surface area contributed by atoms with Crippen LogP contribution in [0.15, 0.2) is 30.3 Å². The minimum absolute atomic E-state index is 0.524. The van der Waals surface area contributed by atoms with E-state index in [4.69, 9.17) is 0 Å². The Morgan fingerprint density at radius 2 is 2.05 bits per heavy atom. The van der Waals surface area contributed by atoms with Crippen LogP contribution in [0.3, 0.4) is 0 Å². The van der Waals surface area contributed by atoms with Crippen molar-refractivity contribution in [1.82, 2.24) is 5.32 Å². The van der Waals surface area contributed by atoms with Crippen molar-refractivity contribution in [3.63, 3.8) is 0 Å². The zero-order chi connectivity index (χ0) is 14.6. The van der Waals surface area contributed by atoms with Crippen LogP contribution in [-0.4, -0.2) is 7.05 Å². The molecule has 21 heavy (non-hydrogen) atoms. The van der Waals surface area contributed by atoms with E-state index in [9.17, 15) is 0 Å². The molecule has 4 unspecified atom stereocenters. The molecule has 2 heteroatoms. The monoisotopic (exact) mass is 297 g/mol. The number of nitrogens with one attached hydrogen (secondary N) is 1. The van der Waals surface area contributed by atoms with Crippen LogP contribution < -0.4 is 5.32 Å². The average molecular weight is 297 g/mol. The van der Waals surface area contributed by atoms with Gasteiger partial charge in [-0.25, -0.2) is 0 Å². The highest BCUT2D eigenvalue weighted by molar-refractivity contribution is 7.12. The molecule has 0 bridgehead atoms. The van der Waals surface area contributed by atoms with E-state index >= 15 is 0 Å². The molecule has 110 valence electrons. The SMILES string of the molecule is CNC(c1cc(C)sc1C)C1C2CCc3ccccc3C21. The molecular weight excluding hydrogens is 274 g/mol. The highest BCUT2D eigenvalue weighted by atomic mass is 32.1. The minimum atomic E-state index is 0.524. The van der Waals surface area contributed by atoms with E-state index in [-0.39, 0.29) is 0 Å². The highest BCUT2D eigenvalue weighted by Gasteiger charge is 2.56. The molecule has 4 rings (SSSR count). The molecule has 2 aliphatic carbocycles. The fraction of sp³-hybridized carbons (Fsp3) is 0.474. The molecule has 1 saturated carbocycles. The quantitative estimate of drug-likeness (QED) is 0.873. The fourth-order valence-electron chi connectivity index (χ4n) is 4.59. The lowest BCUT2D eigenvalue weighted by Gasteiger charge is -2.17. The topological polar surface area (TPSA) is 12.0 Å². The Balaban J connectivity index is 1.68. The lowest BCUT2D eigenvalue weighted by atomic mass is 9.92. The third kappa shape index (κ3) is 2.08. The van der Waals surface area contributed by atoms with E-state index in [0.717, 1.165) is 17.8 Å². The summed E-state index contributed by atoms with van der Waals surface area (Å²) < 4.78 is 0. The first-order valence-electron chi connectivity index (χ1n) is 8.02. The van der Waals surface area contributed by atoms with E-state index in [0.29, 0.717) is 6.04 Å². The minimum Gasteiger partial charge on any atom is -0.313 e. The molecule has 1 nitrogen and oxygen atoms in total. The van der Waals surface area contributed by atoms with Crippen molar-refractivity contribution in [2.45, 2.75) is 38.6 Å². The van der Waals surface area contributed by atoms with Gasteiger partial charge in [0.25, 0.3) is 0 Å². The summed E-state index contributed by atoms with van der Waals surface area (Å²) in [6, 6.07) is 12.0. The van der Waals surface area contributed by atoms with Gasteiger partial charge in [0.1, 0.15) is 0 Å². The van der Waals surface area contributed by atoms with E-state index in [1.54, 1.807) is 11.1 Å². The van der Waals surface area contributed by atoms with Crippen molar-refractivity contribution in [3.8, 4) is 0 Å². The lowest BCUT2D eigenvalue weighted by Crippen LogP contribution is -2.19. The number of hydrogen-bond acceptors (Lipinski definition) is 2. The summed E-state index contributed by atoms with van der Waals surface area (Å²) >= 11 is 1.94. The number of thiophene rings is 1. The van der Waals surface area contributed by atoms with Gasteiger partial charge in [-0.3, -0.25) is 0 Å². The van der Waals surface area contributed by atoms with E-state index in [1.165, 1.54) is 28.2 Å². The van der Waals surface area contributed by atoms with Crippen LogP contribution in [0.2, 0.25) is 0 Å². The Labute approximate surface area is 131 Å². The van der Waals surface area contributed by atoms with Gasteiger partial charge >= 0.3 is 0 Å². The van der Waals surface area contributed by atoms with Gasteiger partial charge in [-0.05, 0) is 74.2 Å². The number of rotatable bonds is 3. The molecule has 1 N–H and O–H groups in total. The van der Waals surface area contributed by atoms with Crippen molar-refractivity contribution in [2.75, 3.05) is 7.05 Å². The van der Waals surface area contributed by atoms with Crippen LogP contribution in [0, 0.1) is 25.7 Å². The molecule has 1 aromatic heterocycles. The van der Waals surface area contributed by atoms with Gasteiger partial charge in [-0.15, -0.1) is 11.3 Å². The molecule has 0 aliphatic heterocycles. The predicted octanol–water partition coefficient (Wildman–Crippen LogP) is 4.60. The Bertz CT molecular complexity index is 672. The second-order valence-corrected chi connectivity index (χ2v) is 8.10. The second kappa shape index (κ2) is 4.96. The maximum absolute atomic E-state index is 3.63. The summed E-state index contributed by atoms with van der Waals surface area (Å²) in [5.41, 5.74) is 4.76. The van der Waals surface area contributed by atoms with Crippen molar-refractivity contribution >= 4 is 11.3 Å². The van der Waals surface area contributed by atoms with Crippen LogP contribution in [0.5, 0.6) is 0 Å². The van der Waals surface area contributed by atoms with Crippen LogP contribution in [-0.2, 0) is 6.42 Å². The first-order valence-corrected chi connectivity index (χ1v) is 8.84. The molecule has 2 aliphatic rings. The maximum atomic E-state index is 3.63. The molecular formula is C19H23NS. The first-order chi connectivity index (χ1) is 10.2. The molecule has 0 radical (unpaired) electrons. The fourth-order valence-corrected chi connectivity index (χ4v) is 5.56. The Kier molecular flexibility index (Phi) is 3.20. The van der Waals surface area contributed by atoms with Crippen molar-refractivity contribution in [1.29, 1.82) is 0 Å². The summed E-state index contributed by atoms with van der Waals surface area (Å²) in [5, 5.41) is 3.63. The summed E-state index contributed by atoms with van der Waals surface area (Å²) in [5.74, 6) is 2.45. The Morgan fingerprint density at radius 1 is 1.24 bits per heavy atom. The maximum Gasteiger partial charge on any atom is 0.0366 e. The molecule has 4 atom stereocenters. The van der Waals surface area contributed by atoms with Crippen LogP contribution >= 0.6 is 11.3 Å². The van der Waals surface area contributed by atoms with Gasteiger partial charge in [0.2, 0.25) is 0 Å². The van der Waals surface area contributed by atoms with E-state index in [1.807, 2.05) is 11.3 Å².